The fourth-order valence-corrected chi connectivity index (χ4v) is 2.93. The summed E-state index contributed by atoms with van der Waals surface area (Å²) >= 11 is 0. The van der Waals surface area contributed by atoms with Crippen LogP contribution in [0, 0.1) is 5.92 Å². The number of carbonyl (C=O) groups is 2. The van der Waals surface area contributed by atoms with Crippen LogP contribution < -0.4 is 16.0 Å². The number of rotatable bonds is 2. The van der Waals surface area contributed by atoms with Gasteiger partial charge in [0.05, 0.1) is 17.5 Å². The van der Waals surface area contributed by atoms with Crippen molar-refractivity contribution in [2.75, 3.05) is 23.7 Å². The van der Waals surface area contributed by atoms with Gasteiger partial charge in [0.15, 0.2) is 0 Å². The topological polar surface area (TPSA) is 90.5 Å². The number of amides is 2. The maximum absolute atomic E-state index is 11.6. The highest BCUT2D eigenvalue weighted by Crippen LogP contribution is 2.33. The standard InChI is InChI=1S/C15H19N3O3/c19-13-8-14(20)18-12-7-10(1-2-11(12)17-13)15(21)9-3-5-16-6-4-9/h1-2,7,9,15-16,21H,3-6,8H2,(H,17,19)(H,18,20). The second-order valence-corrected chi connectivity index (χ2v) is 5.61. The first-order valence-corrected chi connectivity index (χ1v) is 7.26. The number of piperidine rings is 1. The SMILES string of the molecule is O=C1CC(=O)Nc2cc(C(O)C3CCNCC3)ccc2N1. The molecule has 3 rings (SSSR count). The van der Waals surface area contributed by atoms with E-state index in [1.165, 1.54) is 0 Å². The van der Waals surface area contributed by atoms with Crippen molar-refractivity contribution in [3.8, 4) is 0 Å². The zero-order valence-corrected chi connectivity index (χ0v) is 11.7. The van der Waals surface area contributed by atoms with E-state index < -0.39 is 6.10 Å². The van der Waals surface area contributed by atoms with Gasteiger partial charge in [-0.15, -0.1) is 0 Å². The molecule has 6 nitrogen and oxygen atoms in total. The molecule has 1 fully saturated rings. The van der Waals surface area contributed by atoms with E-state index >= 15 is 0 Å². The van der Waals surface area contributed by atoms with Gasteiger partial charge < -0.3 is 21.1 Å². The van der Waals surface area contributed by atoms with Crippen LogP contribution in [0.15, 0.2) is 18.2 Å². The van der Waals surface area contributed by atoms with Crippen molar-refractivity contribution in [3.05, 3.63) is 23.8 Å². The molecule has 0 saturated carbocycles. The quantitative estimate of drug-likeness (QED) is 0.611. The van der Waals surface area contributed by atoms with Crippen LogP contribution in [-0.2, 0) is 9.59 Å². The molecule has 0 aromatic heterocycles. The third-order valence-electron chi connectivity index (χ3n) is 4.08. The summed E-state index contributed by atoms with van der Waals surface area (Å²) in [6.07, 6.45) is 1.14. The number of fused-ring (bicyclic) bond motifs is 1. The van der Waals surface area contributed by atoms with E-state index in [0.717, 1.165) is 31.5 Å². The first-order chi connectivity index (χ1) is 10.1. The van der Waals surface area contributed by atoms with E-state index in [9.17, 15) is 14.7 Å². The molecule has 0 aliphatic carbocycles. The molecule has 0 spiro atoms. The predicted molar refractivity (Wildman–Crippen MR) is 78.9 cm³/mol. The molecule has 1 aromatic rings. The lowest BCUT2D eigenvalue weighted by Crippen LogP contribution is -2.30. The summed E-state index contributed by atoms with van der Waals surface area (Å²) in [5.74, 6) is -0.432. The molecule has 2 amide bonds. The lowest BCUT2D eigenvalue weighted by Gasteiger charge is -2.27. The Morgan fingerprint density at radius 1 is 1.05 bits per heavy atom. The van der Waals surface area contributed by atoms with Gasteiger partial charge in [-0.25, -0.2) is 0 Å². The van der Waals surface area contributed by atoms with Gasteiger partial charge in [0.2, 0.25) is 11.8 Å². The van der Waals surface area contributed by atoms with Crippen LogP contribution in [0.2, 0.25) is 0 Å². The van der Waals surface area contributed by atoms with E-state index in [-0.39, 0.29) is 24.2 Å². The Bertz CT molecular complexity index is 567. The number of carbonyl (C=O) groups excluding carboxylic acids is 2. The van der Waals surface area contributed by atoms with Crippen molar-refractivity contribution in [2.45, 2.75) is 25.4 Å². The number of anilines is 2. The van der Waals surface area contributed by atoms with Crippen molar-refractivity contribution in [1.82, 2.24) is 5.32 Å². The molecule has 1 atom stereocenters. The number of aliphatic hydroxyl groups excluding tert-OH is 1. The Kier molecular flexibility index (Phi) is 3.90. The average molecular weight is 289 g/mol. The lowest BCUT2D eigenvalue weighted by atomic mass is 9.88. The van der Waals surface area contributed by atoms with Crippen LogP contribution in [0.4, 0.5) is 11.4 Å². The largest absolute Gasteiger partial charge is 0.388 e. The molecule has 2 aliphatic rings. The average Bonchev–Trinajstić information content (AvgIpc) is 2.63. The Morgan fingerprint density at radius 2 is 1.71 bits per heavy atom. The first kappa shape index (κ1) is 14.0. The summed E-state index contributed by atoms with van der Waals surface area (Å²) < 4.78 is 0. The smallest absolute Gasteiger partial charge is 0.233 e. The summed E-state index contributed by atoms with van der Waals surface area (Å²) in [5, 5.41) is 19.2. The van der Waals surface area contributed by atoms with Crippen LogP contribution in [0.25, 0.3) is 0 Å². The van der Waals surface area contributed by atoms with Crippen molar-refractivity contribution in [2.24, 2.45) is 5.92 Å². The monoisotopic (exact) mass is 289 g/mol. The van der Waals surface area contributed by atoms with Crippen molar-refractivity contribution in [1.29, 1.82) is 0 Å². The van der Waals surface area contributed by atoms with Crippen molar-refractivity contribution < 1.29 is 14.7 Å². The number of nitrogens with one attached hydrogen (secondary N) is 3. The first-order valence-electron chi connectivity index (χ1n) is 7.26. The molecule has 1 unspecified atom stereocenters. The van der Waals surface area contributed by atoms with Crippen LogP contribution in [-0.4, -0.2) is 30.0 Å². The number of hydrogen-bond acceptors (Lipinski definition) is 4. The van der Waals surface area contributed by atoms with Gasteiger partial charge in [0, 0.05) is 0 Å². The van der Waals surface area contributed by atoms with E-state index in [0.29, 0.717) is 11.4 Å². The van der Waals surface area contributed by atoms with Gasteiger partial charge in [0.25, 0.3) is 0 Å². The summed E-state index contributed by atoms with van der Waals surface area (Å²) in [6, 6.07) is 5.30. The molecular weight excluding hydrogens is 270 g/mol. The third-order valence-corrected chi connectivity index (χ3v) is 4.08. The fourth-order valence-electron chi connectivity index (χ4n) is 2.93. The van der Waals surface area contributed by atoms with E-state index in [1.54, 1.807) is 12.1 Å². The molecule has 1 saturated heterocycles. The number of benzene rings is 1. The molecular formula is C15H19N3O3. The fraction of sp³-hybridized carbons (Fsp3) is 0.467. The molecule has 112 valence electrons. The summed E-state index contributed by atoms with van der Waals surface area (Å²) in [5.41, 5.74) is 1.90. The van der Waals surface area contributed by atoms with E-state index in [4.69, 9.17) is 0 Å². The summed E-state index contributed by atoms with van der Waals surface area (Å²) in [7, 11) is 0. The third kappa shape index (κ3) is 3.06. The Labute approximate surface area is 122 Å². The van der Waals surface area contributed by atoms with Gasteiger partial charge in [0.1, 0.15) is 6.42 Å². The Balaban J connectivity index is 1.84. The van der Waals surface area contributed by atoms with E-state index in [1.807, 2.05) is 6.07 Å². The highest BCUT2D eigenvalue weighted by molar-refractivity contribution is 6.13. The van der Waals surface area contributed by atoms with Crippen LogP contribution in [0.3, 0.4) is 0 Å². The lowest BCUT2D eigenvalue weighted by molar-refractivity contribution is -0.123. The van der Waals surface area contributed by atoms with Gasteiger partial charge in [-0.05, 0) is 49.5 Å². The minimum Gasteiger partial charge on any atom is -0.388 e. The Hall–Kier alpha value is -1.92. The summed E-state index contributed by atoms with van der Waals surface area (Å²) in [4.78, 5) is 23.1. The second kappa shape index (κ2) is 5.83. The van der Waals surface area contributed by atoms with Gasteiger partial charge in [-0.2, -0.15) is 0 Å². The minimum atomic E-state index is -0.548. The molecule has 1 aromatic carbocycles. The molecule has 2 aliphatic heterocycles. The molecule has 6 heteroatoms. The highest BCUT2D eigenvalue weighted by atomic mass is 16.3. The molecule has 4 N–H and O–H groups in total. The molecule has 0 radical (unpaired) electrons. The zero-order valence-electron chi connectivity index (χ0n) is 11.7. The van der Waals surface area contributed by atoms with Crippen molar-refractivity contribution >= 4 is 23.2 Å². The number of hydrogen-bond donors (Lipinski definition) is 4. The predicted octanol–water partition coefficient (Wildman–Crippen LogP) is 1.00. The molecule has 2 heterocycles. The zero-order chi connectivity index (χ0) is 14.8. The number of aliphatic hydroxyl groups is 1. The second-order valence-electron chi connectivity index (χ2n) is 5.61. The summed E-state index contributed by atoms with van der Waals surface area (Å²) in [6.45, 7) is 1.83. The van der Waals surface area contributed by atoms with Gasteiger partial charge in [-0.1, -0.05) is 6.07 Å². The van der Waals surface area contributed by atoms with E-state index in [2.05, 4.69) is 16.0 Å². The van der Waals surface area contributed by atoms with Crippen LogP contribution in [0.5, 0.6) is 0 Å². The van der Waals surface area contributed by atoms with Crippen LogP contribution in [0.1, 0.15) is 30.9 Å². The maximum Gasteiger partial charge on any atom is 0.233 e. The minimum absolute atomic E-state index is 0.180. The van der Waals surface area contributed by atoms with Crippen LogP contribution >= 0.6 is 0 Å². The van der Waals surface area contributed by atoms with Crippen molar-refractivity contribution in [3.63, 3.8) is 0 Å². The molecule has 21 heavy (non-hydrogen) atoms. The maximum atomic E-state index is 11.6. The van der Waals surface area contributed by atoms with Gasteiger partial charge in [-0.3, -0.25) is 9.59 Å². The highest BCUT2D eigenvalue weighted by Gasteiger charge is 2.25. The molecule has 0 bridgehead atoms. The van der Waals surface area contributed by atoms with Gasteiger partial charge >= 0.3 is 0 Å². The Morgan fingerprint density at radius 3 is 2.43 bits per heavy atom. The normalized spacial score (nSPS) is 21.0.